The van der Waals surface area contributed by atoms with Crippen LogP contribution in [0.25, 0.3) is 0 Å². The van der Waals surface area contributed by atoms with E-state index in [1.54, 1.807) is 6.26 Å². The van der Waals surface area contributed by atoms with Crippen molar-refractivity contribution in [1.29, 1.82) is 0 Å². The summed E-state index contributed by atoms with van der Waals surface area (Å²) < 4.78 is 12.2. The molecule has 1 aromatic rings. The number of nitrogens with one attached hydrogen (secondary N) is 1. The van der Waals surface area contributed by atoms with Gasteiger partial charge in [-0.05, 0) is 53.6 Å². The molecule has 2 aliphatic rings. The lowest BCUT2D eigenvalue weighted by atomic mass is 9.79. The van der Waals surface area contributed by atoms with E-state index in [-0.39, 0.29) is 11.6 Å². The monoisotopic (exact) mass is 328 g/mol. The van der Waals surface area contributed by atoms with E-state index in [0.29, 0.717) is 5.92 Å². The summed E-state index contributed by atoms with van der Waals surface area (Å²) >= 11 is 3.46. The molecule has 19 heavy (non-hydrogen) atoms. The highest BCUT2D eigenvalue weighted by Gasteiger charge is 2.42. The van der Waals surface area contributed by atoms with Crippen molar-refractivity contribution < 1.29 is 9.15 Å². The molecule has 2 fully saturated rings. The number of ether oxygens (including phenoxy) is 1. The zero-order valence-electron chi connectivity index (χ0n) is 11.0. The number of nitrogens with two attached hydrogens (primary N) is 1. The van der Waals surface area contributed by atoms with Crippen LogP contribution in [0.4, 0.5) is 0 Å². The van der Waals surface area contributed by atoms with E-state index in [9.17, 15) is 0 Å². The number of rotatable bonds is 3. The van der Waals surface area contributed by atoms with Gasteiger partial charge in [0.05, 0.1) is 17.9 Å². The van der Waals surface area contributed by atoms with Crippen LogP contribution < -0.4 is 11.3 Å². The van der Waals surface area contributed by atoms with E-state index >= 15 is 0 Å². The molecule has 2 heterocycles. The second-order valence-corrected chi connectivity index (χ2v) is 6.51. The Kier molecular flexibility index (Phi) is 3.98. The minimum Gasteiger partial charge on any atom is -0.457 e. The Morgan fingerprint density at radius 1 is 1.42 bits per heavy atom. The molecule has 5 heteroatoms. The lowest BCUT2D eigenvalue weighted by Crippen LogP contribution is -2.43. The van der Waals surface area contributed by atoms with Crippen molar-refractivity contribution in [3.8, 4) is 0 Å². The van der Waals surface area contributed by atoms with Crippen molar-refractivity contribution in [3.63, 3.8) is 0 Å². The van der Waals surface area contributed by atoms with Crippen LogP contribution in [0.5, 0.6) is 0 Å². The molecule has 0 bridgehead atoms. The fourth-order valence-electron chi connectivity index (χ4n) is 3.72. The summed E-state index contributed by atoms with van der Waals surface area (Å²) in [5.74, 6) is 6.30. The van der Waals surface area contributed by atoms with E-state index in [2.05, 4.69) is 21.4 Å². The fraction of sp³-hybridized carbons (Fsp3) is 0.714. The van der Waals surface area contributed by atoms with Crippen LogP contribution in [-0.2, 0) is 4.74 Å². The Balaban J connectivity index is 1.78. The van der Waals surface area contributed by atoms with Crippen molar-refractivity contribution >= 4 is 15.9 Å². The Morgan fingerprint density at radius 3 is 2.84 bits per heavy atom. The average Bonchev–Trinajstić information content (AvgIpc) is 3.02. The molecular formula is C14H21BrN2O2. The van der Waals surface area contributed by atoms with Crippen molar-refractivity contribution in [1.82, 2.24) is 5.43 Å². The molecule has 106 valence electrons. The topological polar surface area (TPSA) is 60.4 Å². The second-order valence-electron chi connectivity index (χ2n) is 5.79. The average molecular weight is 329 g/mol. The third-order valence-electron chi connectivity index (χ3n) is 4.68. The third kappa shape index (κ3) is 2.61. The normalized spacial score (nSPS) is 27.8. The molecule has 2 unspecified atom stereocenters. The van der Waals surface area contributed by atoms with Crippen LogP contribution in [-0.4, -0.2) is 12.2 Å². The lowest BCUT2D eigenvalue weighted by Gasteiger charge is -2.41. The molecule has 3 rings (SSSR count). The lowest BCUT2D eigenvalue weighted by molar-refractivity contribution is -0.0983. The van der Waals surface area contributed by atoms with Gasteiger partial charge in [0.1, 0.15) is 0 Å². The second kappa shape index (κ2) is 5.56. The minimum atomic E-state index is 0.119. The number of hydrogen-bond acceptors (Lipinski definition) is 4. The van der Waals surface area contributed by atoms with E-state index in [1.807, 2.05) is 6.07 Å². The van der Waals surface area contributed by atoms with Crippen molar-refractivity contribution in [3.05, 3.63) is 22.6 Å². The highest BCUT2D eigenvalue weighted by molar-refractivity contribution is 9.10. The standard InChI is InChI=1S/C14H21BrN2O2/c15-13-11(4-7-18-13)12(17-16)10-3-8-19-14(9-10)5-1-2-6-14/h4,7,10,12,17H,1-3,5-6,8-9,16H2. The summed E-state index contributed by atoms with van der Waals surface area (Å²) in [5, 5.41) is 0. The summed E-state index contributed by atoms with van der Waals surface area (Å²) in [7, 11) is 0. The number of hydrazine groups is 1. The quantitative estimate of drug-likeness (QED) is 0.660. The fourth-order valence-corrected chi connectivity index (χ4v) is 4.21. The van der Waals surface area contributed by atoms with E-state index in [4.69, 9.17) is 15.0 Å². The minimum absolute atomic E-state index is 0.119. The predicted octanol–water partition coefficient (Wildman–Crippen LogP) is 3.29. The van der Waals surface area contributed by atoms with Crippen LogP contribution in [0.2, 0.25) is 0 Å². The first kappa shape index (κ1) is 13.6. The Bertz CT molecular complexity index is 429. The van der Waals surface area contributed by atoms with Crippen molar-refractivity contribution in [2.24, 2.45) is 11.8 Å². The molecule has 1 saturated heterocycles. The van der Waals surface area contributed by atoms with Gasteiger partial charge in [-0.25, -0.2) is 0 Å². The zero-order valence-corrected chi connectivity index (χ0v) is 12.6. The molecule has 0 aromatic carbocycles. The van der Waals surface area contributed by atoms with Gasteiger partial charge in [0.25, 0.3) is 0 Å². The van der Waals surface area contributed by atoms with Gasteiger partial charge in [-0.3, -0.25) is 11.3 Å². The molecule has 0 radical (unpaired) electrons. The molecule has 3 N–H and O–H groups in total. The number of hydrogen-bond donors (Lipinski definition) is 2. The highest BCUT2D eigenvalue weighted by Crippen LogP contribution is 2.45. The van der Waals surface area contributed by atoms with Gasteiger partial charge < -0.3 is 9.15 Å². The molecule has 1 spiro atoms. The Hall–Kier alpha value is -0.360. The molecule has 1 aliphatic heterocycles. The van der Waals surface area contributed by atoms with Crippen LogP contribution in [0.15, 0.2) is 21.4 Å². The van der Waals surface area contributed by atoms with Gasteiger partial charge in [-0.15, -0.1) is 0 Å². The Morgan fingerprint density at radius 2 is 2.21 bits per heavy atom. The first-order chi connectivity index (χ1) is 9.24. The van der Waals surface area contributed by atoms with Gasteiger partial charge in [-0.2, -0.15) is 0 Å². The highest BCUT2D eigenvalue weighted by atomic mass is 79.9. The van der Waals surface area contributed by atoms with Crippen LogP contribution in [0.3, 0.4) is 0 Å². The van der Waals surface area contributed by atoms with Gasteiger partial charge >= 0.3 is 0 Å². The summed E-state index contributed by atoms with van der Waals surface area (Å²) in [5.41, 5.74) is 4.21. The summed E-state index contributed by atoms with van der Waals surface area (Å²) in [4.78, 5) is 0. The SMILES string of the molecule is NNC(c1ccoc1Br)C1CCOC2(CCCC2)C1. The maximum atomic E-state index is 6.10. The van der Waals surface area contributed by atoms with Crippen LogP contribution in [0.1, 0.15) is 50.1 Å². The van der Waals surface area contributed by atoms with E-state index < -0.39 is 0 Å². The maximum absolute atomic E-state index is 6.10. The van der Waals surface area contributed by atoms with Gasteiger partial charge in [0.15, 0.2) is 4.67 Å². The molecule has 1 aliphatic carbocycles. The molecule has 1 saturated carbocycles. The van der Waals surface area contributed by atoms with Crippen LogP contribution >= 0.6 is 15.9 Å². The molecular weight excluding hydrogens is 308 g/mol. The first-order valence-electron chi connectivity index (χ1n) is 7.07. The largest absolute Gasteiger partial charge is 0.457 e. The number of furan rings is 1. The van der Waals surface area contributed by atoms with E-state index in [1.165, 1.54) is 25.7 Å². The van der Waals surface area contributed by atoms with Gasteiger partial charge in [0.2, 0.25) is 0 Å². The van der Waals surface area contributed by atoms with Gasteiger partial charge in [0, 0.05) is 12.2 Å². The van der Waals surface area contributed by atoms with Gasteiger partial charge in [-0.1, -0.05) is 12.8 Å². The maximum Gasteiger partial charge on any atom is 0.173 e. The smallest absolute Gasteiger partial charge is 0.173 e. The predicted molar refractivity (Wildman–Crippen MR) is 76.3 cm³/mol. The van der Waals surface area contributed by atoms with Crippen LogP contribution in [0, 0.1) is 5.92 Å². The molecule has 0 amide bonds. The summed E-state index contributed by atoms with van der Waals surface area (Å²) in [6.45, 7) is 0.846. The third-order valence-corrected chi connectivity index (χ3v) is 5.32. The van der Waals surface area contributed by atoms with Crippen molar-refractivity contribution in [2.75, 3.05) is 6.61 Å². The first-order valence-corrected chi connectivity index (χ1v) is 7.86. The molecule has 2 atom stereocenters. The molecule has 1 aromatic heterocycles. The van der Waals surface area contributed by atoms with E-state index in [0.717, 1.165) is 29.7 Å². The zero-order chi connectivity index (χ0) is 13.3. The Labute approximate surface area is 122 Å². The summed E-state index contributed by atoms with van der Waals surface area (Å²) in [6, 6.07) is 2.13. The van der Waals surface area contributed by atoms with Crippen molar-refractivity contribution in [2.45, 2.75) is 50.2 Å². The number of halogens is 1. The summed E-state index contributed by atoms with van der Waals surface area (Å²) in [6.07, 6.45) is 8.84. The molecule has 4 nitrogen and oxygen atoms in total.